The molecule has 174 valence electrons. The van der Waals surface area contributed by atoms with Gasteiger partial charge in [0.2, 0.25) is 5.78 Å². The number of aryl methyl sites for hydroxylation is 3. The molecule has 3 aromatic heterocycles. The van der Waals surface area contributed by atoms with Gasteiger partial charge in [-0.15, -0.1) is 6.58 Å². The van der Waals surface area contributed by atoms with Crippen molar-refractivity contribution in [3.8, 4) is 5.69 Å². The molecule has 0 amide bonds. The molecule has 0 aliphatic carbocycles. The Morgan fingerprint density at radius 1 is 1.15 bits per heavy atom. The fraction of sp³-hybridized carbons (Fsp3) is 0.360. The average Bonchev–Trinajstić information content (AvgIpc) is 3.24. The van der Waals surface area contributed by atoms with Crippen LogP contribution in [0.1, 0.15) is 41.4 Å². The van der Waals surface area contributed by atoms with E-state index in [0.717, 1.165) is 28.8 Å². The zero-order valence-electron chi connectivity index (χ0n) is 19.4. The van der Waals surface area contributed by atoms with E-state index in [0.29, 0.717) is 24.3 Å². The lowest BCUT2D eigenvalue weighted by Crippen LogP contribution is -2.26. The Bertz CT molecular complexity index is 1310. The maximum Gasteiger partial charge on any atom is 0.435 e. The second-order valence-corrected chi connectivity index (χ2v) is 8.49. The zero-order chi connectivity index (χ0) is 23.9. The highest BCUT2D eigenvalue weighted by atomic mass is 19.4. The smallest absolute Gasteiger partial charge is 0.294 e. The maximum atomic E-state index is 14.2. The van der Waals surface area contributed by atoms with Crippen LogP contribution in [0.25, 0.3) is 22.6 Å². The molecule has 8 heteroatoms. The van der Waals surface area contributed by atoms with E-state index >= 15 is 0 Å². The van der Waals surface area contributed by atoms with Crippen molar-refractivity contribution in [2.75, 3.05) is 13.1 Å². The van der Waals surface area contributed by atoms with E-state index in [4.69, 9.17) is 0 Å². The highest BCUT2D eigenvalue weighted by Crippen LogP contribution is 2.37. The van der Waals surface area contributed by atoms with Gasteiger partial charge >= 0.3 is 6.18 Å². The van der Waals surface area contributed by atoms with E-state index < -0.39 is 11.9 Å². The van der Waals surface area contributed by atoms with Gasteiger partial charge in [-0.05, 0) is 57.0 Å². The normalized spacial score (nSPS) is 12.4. The molecule has 0 saturated carbocycles. The van der Waals surface area contributed by atoms with Crippen molar-refractivity contribution >= 4 is 16.9 Å². The Labute approximate surface area is 191 Å². The Hall–Kier alpha value is -3.13. The molecule has 4 rings (SSSR count). The number of rotatable bonds is 7. The van der Waals surface area contributed by atoms with Crippen LogP contribution >= 0.6 is 0 Å². The second kappa shape index (κ2) is 8.67. The monoisotopic (exact) mass is 455 g/mol. The van der Waals surface area contributed by atoms with Crippen LogP contribution < -0.4 is 0 Å². The molecule has 0 aliphatic heterocycles. The molecule has 5 nitrogen and oxygen atoms in total. The predicted octanol–water partition coefficient (Wildman–Crippen LogP) is 6.02. The minimum atomic E-state index is -4.58. The minimum Gasteiger partial charge on any atom is -0.294 e. The van der Waals surface area contributed by atoms with Gasteiger partial charge in [0, 0.05) is 19.3 Å². The molecule has 0 N–H and O–H groups in total. The van der Waals surface area contributed by atoms with Gasteiger partial charge in [-0.1, -0.05) is 30.7 Å². The van der Waals surface area contributed by atoms with Gasteiger partial charge in [0.05, 0.1) is 16.9 Å². The summed E-state index contributed by atoms with van der Waals surface area (Å²) >= 11 is 0. The fourth-order valence-electron chi connectivity index (χ4n) is 4.72. The third kappa shape index (κ3) is 4.04. The van der Waals surface area contributed by atoms with Crippen molar-refractivity contribution in [2.24, 2.45) is 0 Å². The van der Waals surface area contributed by atoms with E-state index in [1.54, 1.807) is 33.4 Å². The third-order valence-corrected chi connectivity index (χ3v) is 5.80. The van der Waals surface area contributed by atoms with Gasteiger partial charge in [-0.25, -0.2) is 9.97 Å². The first-order valence-corrected chi connectivity index (χ1v) is 11.0. The SMILES string of the molecule is C=CCN(CCC)Cc1c(C(F)(F)F)nc2n(-c3c(C)cc(C)cc3C)c3ncccc3n12. The van der Waals surface area contributed by atoms with Crippen molar-refractivity contribution in [3.05, 3.63) is 71.2 Å². The molecule has 0 radical (unpaired) electrons. The van der Waals surface area contributed by atoms with Crippen LogP contribution in [0.2, 0.25) is 0 Å². The van der Waals surface area contributed by atoms with E-state index in [2.05, 4.69) is 16.5 Å². The standard InChI is InChI=1S/C25H28F3N5/c1-6-11-31(12-7-2)15-20-22(25(26,27)28)30-24-32(20)19-9-8-10-29-23(19)33(24)21-17(4)13-16(3)14-18(21)5/h6,8-10,13-14H,1,7,11-12,15H2,2-5H3. The molecule has 0 unspecified atom stereocenters. The highest BCUT2D eigenvalue weighted by Gasteiger charge is 2.39. The number of imidazole rings is 2. The van der Waals surface area contributed by atoms with Crippen molar-refractivity contribution in [1.82, 2.24) is 23.8 Å². The van der Waals surface area contributed by atoms with Crippen LogP contribution in [-0.2, 0) is 12.7 Å². The van der Waals surface area contributed by atoms with E-state index in [1.807, 2.05) is 44.7 Å². The van der Waals surface area contributed by atoms with Gasteiger partial charge in [0.15, 0.2) is 11.3 Å². The molecule has 0 spiro atoms. The topological polar surface area (TPSA) is 38.4 Å². The van der Waals surface area contributed by atoms with Crippen molar-refractivity contribution in [3.63, 3.8) is 0 Å². The summed E-state index contributed by atoms with van der Waals surface area (Å²) in [5, 5.41) is 0. The van der Waals surface area contributed by atoms with Gasteiger partial charge in [-0.2, -0.15) is 13.2 Å². The zero-order valence-corrected chi connectivity index (χ0v) is 19.4. The van der Waals surface area contributed by atoms with E-state index in [-0.39, 0.29) is 18.0 Å². The molecule has 0 saturated heterocycles. The van der Waals surface area contributed by atoms with Crippen molar-refractivity contribution in [2.45, 2.75) is 46.8 Å². The summed E-state index contributed by atoms with van der Waals surface area (Å²) in [6.07, 6.45) is -0.389. The van der Waals surface area contributed by atoms with Crippen LogP contribution in [0.5, 0.6) is 0 Å². The Balaban J connectivity index is 2.10. The first-order valence-electron chi connectivity index (χ1n) is 11.0. The molecule has 33 heavy (non-hydrogen) atoms. The molecule has 0 atom stereocenters. The minimum absolute atomic E-state index is 0.107. The lowest BCUT2D eigenvalue weighted by atomic mass is 10.1. The average molecular weight is 456 g/mol. The summed E-state index contributed by atoms with van der Waals surface area (Å²) in [6.45, 7) is 12.9. The second-order valence-electron chi connectivity index (χ2n) is 8.49. The molecular weight excluding hydrogens is 427 g/mol. The van der Waals surface area contributed by atoms with Gasteiger partial charge < -0.3 is 0 Å². The number of hydrogen-bond donors (Lipinski definition) is 0. The molecule has 3 heterocycles. The van der Waals surface area contributed by atoms with E-state index in [9.17, 15) is 13.2 Å². The third-order valence-electron chi connectivity index (χ3n) is 5.80. The summed E-state index contributed by atoms with van der Waals surface area (Å²) < 4.78 is 46.0. The molecular formula is C25H28F3N5. The van der Waals surface area contributed by atoms with E-state index in [1.165, 1.54) is 0 Å². The Morgan fingerprint density at radius 3 is 2.45 bits per heavy atom. The molecule has 1 aromatic carbocycles. The Morgan fingerprint density at radius 2 is 1.85 bits per heavy atom. The number of benzene rings is 1. The molecule has 0 aliphatic rings. The summed E-state index contributed by atoms with van der Waals surface area (Å²) in [7, 11) is 0. The summed E-state index contributed by atoms with van der Waals surface area (Å²) in [6, 6.07) is 7.59. The van der Waals surface area contributed by atoms with Crippen LogP contribution in [0.15, 0.2) is 43.1 Å². The quantitative estimate of drug-likeness (QED) is 0.320. The summed E-state index contributed by atoms with van der Waals surface area (Å²) in [5.74, 6) is 0.219. The highest BCUT2D eigenvalue weighted by molar-refractivity contribution is 5.81. The van der Waals surface area contributed by atoms with Gasteiger partial charge in [0.25, 0.3) is 0 Å². The lowest BCUT2D eigenvalue weighted by Gasteiger charge is -2.20. The fourth-order valence-corrected chi connectivity index (χ4v) is 4.72. The summed E-state index contributed by atoms with van der Waals surface area (Å²) in [4.78, 5) is 10.7. The van der Waals surface area contributed by atoms with Crippen molar-refractivity contribution in [1.29, 1.82) is 0 Å². The number of alkyl halides is 3. The number of pyridine rings is 1. The first-order chi connectivity index (χ1) is 15.7. The number of aromatic nitrogens is 4. The number of nitrogens with zero attached hydrogens (tertiary/aromatic N) is 5. The number of fused-ring (bicyclic) bond motifs is 3. The predicted molar refractivity (Wildman–Crippen MR) is 125 cm³/mol. The number of hydrogen-bond acceptors (Lipinski definition) is 3. The largest absolute Gasteiger partial charge is 0.435 e. The first kappa shape index (κ1) is 23.0. The van der Waals surface area contributed by atoms with Crippen LogP contribution in [-0.4, -0.2) is 36.9 Å². The van der Waals surface area contributed by atoms with Crippen molar-refractivity contribution < 1.29 is 13.2 Å². The Kier molecular flexibility index (Phi) is 6.05. The lowest BCUT2D eigenvalue weighted by molar-refractivity contribution is -0.141. The molecule has 4 aromatic rings. The number of halogens is 3. The molecule has 0 bridgehead atoms. The van der Waals surface area contributed by atoms with Crippen LogP contribution in [0.3, 0.4) is 0 Å². The van der Waals surface area contributed by atoms with Crippen LogP contribution in [0, 0.1) is 20.8 Å². The van der Waals surface area contributed by atoms with Crippen LogP contribution in [0.4, 0.5) is 13.2 Å². The maximum absolute atomic E-state index is 14.2. The molecule has 0 fully saturated rings. The summed E-state index contributed by atoms with van der Waals surface area (Å²) in [5.41, 5.74) is 4.24. The van der Waals surface area contributed by atoms with Gasteiger partial charge in [-0.3, -0.25) is 13.9 Å². The van der Waals surface area contributed by atoms with Gasteiger partial charge in [0.1, 0.15) is 0 Å².